The summed E-state index contributed by atoms with van der Waals surface area (Å²) in [5.74, 6) is 0.499. The zero-order valence-electron chi connectivity index (χ0n) is 9.82. The zero-order valence-corrected chi connectivity index (χ0v) is 11.4. The van der Waals surface area contributed by atoms with Crippen molar-refractivity contribution in [2.24, 2.45) is 0 Å². The molecule has 0 saturated heterocycles. The van der Waals surface area contributed by atoms with Gasteiger partial charge in [0, 0.05) is 17.1 Å². The molecule has 2 N–H and O–H groups in total. The Morgan fingerprint density at radius 1 is 1.28 bits per heavy atom. The van der Waals surface area contributed by atoms with Crippen molar-refractivity contribution in [1.29, 1.82) is 0 Å². The SMILES string of the molecule is OC(CNC1CC(c2ccc(Br)cc2)C1)C(F)F. The van der Waals surface area contributed by atoms with E-state index in [0.29, 0.717) is 5.92 Å². The Balaban J connectivity index is 1.72. The van der Waals surface area contributed by atoms with Crippen molar-refractivity contribution in [3.8, 4) is 0 Å². The van der Waals surface area contributed by atoms with E-state index in [1.807, 2.05) is 12.1 Å². The van der Waals surface area contributed by atoms with Crippen LogP contribution in [0.1, 0.15) is 24.3 Å². The van der Waals surface area contributed by atoms with E-state index in [1.165, 1.54) is 5.56 Å². The van der Waals surface area contributed by atoms with Gasteiger partial charge in [-0.15, -0.1) is 0 Å². The summed E-state index contributed by atoms with van der Waals surface area (Å²) < 4.78 is 25.2. The van der Waals surface area contributed by atoms with Gasteiger partial charge in [-0.1, -0.05) is 28.1 Å². The maximum atomic E-state index is 12.1. The number of alkyl halides is 2. The summed E-state index contributed by atoms with van der Waals surface area (Å²) in [7, 11) is 0. The molecule has 0 spiro atoms. The van der Waals surface area contributed by atoms with Crippen LogP contribution in [0.4, 0.5) is 8.78 Å². The summed E-state index contributed by atoms with van der Waals surface area (Å²) >= 11 is 3.39. The summed E-state index contributed by atoms with van der Waals surface area (Å²) in [5.41, 5.74) is 1.28. The van der Waals surface area contributed by atoms with Gasteiger partial charge in [-0.3, -0.25) is 0 Å². The lowest BCUT2D eigenvalue weighted by molar-refractivity contribution is -0.00634. The van der Waals surface area contributed by atoms with Crippen LogP contribution in [0.15, 0.2) is 28.7 Å². The molecule has 1 unspecified atom stereocenters. The molecule has 0 radical (unpaired) electrons. The highest BCUT2D eigenvalue weighted by Crippen LogP contribution is 2.37. The molecule has 1 atom stereocenters. The molecule has 0 aromatic heterocycles. The van der Waals surface area contributed by atoms with Gasteiger partial charge in [0.25, 0.3) is 6.43 Å². The first-order chi connectivity index (χ1) is 8.56. The van der Waals surface area contributed by atoms with E-state index in [4.69, 9.17) is 5.11 Å². The van der Waals surface area contributed by atoms with Gasteiger partial charge < -0.3 is 10.4 Å². The summed E-state index contributed by atoms with van der Waals surface area (Å²) in [6, 6.07) is 8.43. The monoisotopic (exact) mass is 319 g/mol. The van der Waals surface area contributed by atoms with Gasteiger partial charge in [0.05, 0.1) is 0 Å². The topological polar surface area (TPSA) is 32.3 Å². The van der Waals surface area contributed by atoms with Crippen molar-refractivity contribution in [3.05, 3.63) is 34.3 Å². The van der Waals surface area contributed by atoms with Crippen LogP contribution in [-0.2, 0) is 0 Å². The van der Waals surface area contributed by atoms with Gasteiger partial charge in [-0.2, -0.15) is 0 Å². The molecule has 0 bridgehead atoms. The first-order valence-electron chi connectivity index (χ1n) is 6.01. The van der Waals surface area contributed by atoms with Gasteiger partial charge in [-0.05, 0) is 36.5 Å². The first kappa shape index (κ1) is 13.9. The van der Waals surface area contributed by atoms with E-state index in [2.05, 4.69) is 33.4 Å². The number of nitrogens with one attached hydrogen (secondary N) is 1. The molecule has 2 nitrogen and oxygen atoms in total. The van der Waals surface area contributed by atoms with Gasteiger partial charge in [-0.25, -0.2) is 8.78 Å². The van der Waals surface area contributed by atoms with Crippen LogP contribution < -0.4 is 5.32 Å². The van der Waals surface area contributed by atoms with Crippen molar-refractivity contribution < 1.29 is 13.9 Å². The molecule has 1 aromatic carbocycles. The second-order valence-corrected chi connectivity index (χ2v) is 5.64. The highest BCUT2D eigenvalue weighted by molar-refractivity contribution is 9.10. The number of aliphatic hydroxyl groups is 1. The second kappa shape index (κ2) is 6.08. The number of hydrogen-bond donors (Lipinski definition) is 2. The predicted octanol–water partition coefficient (Wildman–Crippen LogP) is 2.91. The lowest BCUT2D eigenvalue weighted by Crippen LogP contribution is -2.44. The van der Waals surface area contributed by atoms with Gasteiger partial charge >= 0.3 is 0 Å². The lowest BCUT2D eigenvalue weighted by Gasteiger charge is -2.37. The second-order valence-electron chi connectivity index (χ2n) is 4.73. The number of rotatable bonds is 5. The number of aliphatic hydroxyl groups excluding tert-OH is 1. The Morgan fingerprint density at radius 2 is 1.89 bits per heavy atom. The predicted molar refractivity (Wildman–Crippen MR) is 69.9 cm³/mol. The van der Waals surface area contributed by atoms with Crippen LogP contribution in [0, 0.1) is 0 Å². The molecule has 1 aliphatic rings. The highest BCUT2D eigenvalue weighted by atomic mass is 79.9. The maximum absolute atomic E-state index is 12.1. The van der Waals surface area contributed by atoms with E-state index in [-0.39, 0.29) is 12.6 Å². The Morgan fingerprint density at radius 3 is 2.44 bits per heavy atom. The lowest BCUT2D eigenvalue weighted by atomic mass is 9.76. The average Bonchev–Trinajstić information content (AvgIpc) is 2.28. The van der Waals surface area contributed by atoms with E-state index in [9.17, 15) is 8.78 Å². The van der Waals surface area contributed by atoms with Crippen LogP contribution in [0.25, 0.3) is 0 Å². The molecule has 1 saturated carbocycles. The fourth-order valence-electron chi connectivity index (χ4n) is 2.17. The fraction of sp³-hybridized carbons (Fsp3) is 0.538. The van der Waals surface area contributed by atoms with Gasteiger partial charge in [0.2, 0.25) is 0 Å². The minimum atomic E-state index is -2.67. The molecule has 5 heteroatoms. The van der Waals surface area contributed by atoms with Crippen molar-refractivity contribution in [2.45, 2.75) is 37.3 Å². The van der Waals surface area contributed by atoms with Crippen molar-refractivity contribution >= 4 is 15.9 Å². The molecule has 0 amide bonds. The summed E-state index contributed by atoms with van der Waals surface area (Å²) in [4.78, 5) is 0. The van der Waals surface area contributed by atoms with Crippen molar-refractivity contribution in [3.63, 3.8) is 0 Å². The first-order valence-corrected chi connectivity index (χ1v) is 6.80. The normalized spacial score (nSPS) is 24.9. The van der Waals surface area contributed by atoms with Crippen molar-refractivity contribution in [1.82, 2.24) is 5.32 Å². The van der Waals surface area contributed by atoms with Crippen LogP contribution in [0.2, 0.25) is 0 Å². The third-order valence-electron chi connectivity index (χ3n) is 3.39. The number of benzene rings is 1. The molecule has 100 valence electrons. The smallest absolute Gasteiger partial charge is 0.265 e. The van der Waals surface area contributed by atoms with Gasteiger partial charge in [0.1, 0.15) is 6.10 Å². The van der Waals surface area contributed by atoms with E-state index in [0.717, 1.165) is 17.3 Å². The van der Waals surface area contributed by atoms with Crippen LogP contribution in [0.5, 0.6) is 0 Å². The Hall–Kier alpha value is -0.520. The Bertz CT molecular complexity index is 379. The third-order valence-corrected chi connectivity index (χ3v) is 3.91. The Kier molecular flexibility index (Phi) is 4.70. The van der Waals surface area contributed by atoms with Crippen LogP contribution in [-0.4, -0.2) is 30.2 Å². The highest BCUT2D eigenvalue weighted by Gasteiger charge is 2.30. The summed E-state index contributed by atoms with van der Waals surface area (Å²) in [6.07, 6.45) is -2.34. The minimum absolute atomic E-state index is 0.0324. The molecule has 1 fully saturated rings. The largest absolute Gasteiger partial charge is 0.386 e. The molecular formula is C13H16BrF2NO. The minimum Gasteiger partial charge on any atom is -0.386 e. The number of hydrogen-bond acceptors (Lipinski definition) is 2. The maximum Gasteiger partial charge on any atom is 0.265 e. The van der Waals surface area contributed by atoms with Gasteiger partial charge in [0.15, 0.2) is 0 Å². The quantitative estimate of drug-likeness (QED) is 0.874. The number of halogens is 3. The molecule has 1 aliphatic carbocycles. The molecule has 2 rings (SSSR count). The molecular weight excluding hydrogens is 304 g/mol. The standard InChI is InChI=1S/C13H16BrF2NO/c14-10-3-1-8(2-4-10)9-5-11(6-9)17-7-12(18)13(15)16/h1-4,9,11-13,17-18H,5-7H2. The zero-order chi connectivity index (χ0) is 13.1. The van der Waals surface area contributed by atoms with E-state index in [1.54, 1.807) is 0 Å². The molecule has 0 aliphatic heterocycles. The molecule has 0 heterocycles. The van der Waals surface area contributed by atoms with Crippen LogP contribution in [0.3, 0.4) is 0 Å². The fourth-order valence-corrected chi connectivity index (χ4v) is 2.43. The average molecular weight is 320 g/mol. The molecule has 18 heavy (non-hydrogen) atoms. The van der Waals surface area contributed by atoms with E-state index >= 15 is 0 Å². The van der Waals surface area contributed by atoms with Crippen molar-refractivity contribution in [2.75, 3.05) is 6.54 Å². The Labute approximate surface area is 114 Å². The van der Waals surface area contributed by atoms with E-state index < -0.39 is 12.5 Å². The third kappa shape index (κ3) is 3.49. The van der Waals surface area contributed by atoms with Crippen LogP contribution >= 0.6 is 15.9 Å². The molecule has 1 aromatic rings. The summed E-state index contributed by atoms with van der Waals surface area (Å²) in [6.45, 7) is -0.0324. The summed E-state index contributed by atoms with van der Waals surface area (Å²) in [5, 5.41) is 12.0.